The Balaban J connectivity index is 1.99. The van der Waals surface area contributed by atoms with Crippen molar-refractivity contribution < 1.29 is 9.90 Å². The van der Waals surface area contributed by atoms with Crippen molar-refractivity contribution >= 4 is 28.9 Å². The van der Waals surface area contributed by atoms with E-state index < -0.39 is 5.97 Å². The maximum atomic E-state index is 11.2. The number of hydrogen-bond donors (Lipinski definition) is 1. The Morgan fingerprint density at radius 3 is 2.61 bits per heavy atom. The van der Waals surface area contributed by atoms with Gasteiger partial charge < -0.3 is 5.11 Å². The minimum absolute atomic E-state index is 0.0254. The number of halogens is 1. The third-order valence-electron chi connectivity index (χ3n) is 3.59. The Morgan fingerprint density at radius 2 is 1.96 bits per heavy atom. The third-order valence-corrected chi connectivity index (χ3v) is 4.74. The highest BCUT2D eigenvalue weighted by Gasteiger charge is 2.20. The van der Waals surface area contributed by atoms with E-state index in [4.69, 9.17) is 11.6 Å². The fourth-order valence-electron chi connectivity index (χ4n) is 2.51. The van der Waals surface area contributed by atoms with Gasteiger partial charge in [0.05, 0.1) is 6.42 Å². The lowest BCUT2D eigenvalue weighted by molar-refractivity contribution is -0.137. The molecule has 23 heavy (non-hydrogen) atoms. The molecule has 3 rings (SSSR count). The van der Waals surface area contributed by atoms with E-state index in [2.05, 4.69) is 4.98 Å². The predicted octanol–water partition coefficient (Wildman–Crippen LogP) is 5.07. The van der Waals surface area contributed by atoms with Crippen LogP contribution in [-0.4, -0.2) is 16.1 Å². The summed E-state index contributed by atoms with van der Waals surface area (Å²) >= 11 is 7.41. The first-order valence-electron chi connectivity index (χ1n) is 7.10. The summed E-state index contributed by atoms with van der Waals surface area (Å²) in [6, 6.07) is 15.5. The molecule has 1 aromatic heterocycles. The molecule has 0 aliphatic heterocycles. The SMILES string of the molecule is O=C(O)CC(c1cccc(-c2ccc(Cl)cc2)c1)c1nccs1. The molecule has 0 aliphatic carbocycles. The maximum Gasteiger partial charge on any atom is 0.304 e. The summed E-state index contributed by atoms with van der Waals surface area (Å²) < 4.78 is 0. The van der Waals surface area contributed by atoms with Crippen LogP contribution in [0.3, 0.4) is 0 Å². The number of rotatable bonds is 5. The van der Waals surface area contributed by atoms with Gasteiger partial charge in [0.15, 0.2) is 0 Å². The number of aromatic nitrogens is 1. The van der Waals surface area contributed by atoms with E-state index in [9.17, 15) is 9.90 Å². The minimum Gasteiger partial charge on any atom is -0.481 e. The fourth-order valence-corrected chi connectivity index (χ4v) is 3.40. The van der Waals surface area contributed by atoms with Gasteiger partial charge in [0, 0.05) is 22.5 Å². The monoisotopic (exact) mass is 343 g/mol. The molecule has 3 nitrogen and oxygen atoms in total. The van der Waals surface area contributed by atoms with Crippen LogP contribution in [-0.2, 0) is 4.79 Å². The second-order valence-electron chi connectivity index (χ2n) is 5.15. The molecule has 0 fully saturated rings. The first-order valence-corrected chi connectivity index (χ1v) is 8.36. The second-order valence-corrected chi connectivity index (χ2v) is 6.52. The number of hydrogen-bond acceptors (Lipinski definition) is 3. The van der Waals surface area contributed by atoms with Crippen LogP contribution in [0.1, 0.15) is 22.9 Å². The molecular formula is C18H14ClNO2S. The van der Waals surface area contributed by atoms with Crippen LogP contribution < -0.4 is 0 Å². The molecule has 0 radical (unpaired) electrons. The molecule has 0 spiro atoms. The average molecular weight is 344 g/mol. The van der Waals surface area contributed by atoms with Crippen molar-refractivity contribution in [3.05, 3.63) is 75.7 Å². The van der Waals surface area contributed by atoms with Crippen molar-refractivity contribution in [2.45, 2.75) is 12.3 Å². The van der Waals surface area contributed by atoms with E-state index >= 15 is 0 Å². The van der Waals surface area contributed by atoms with E-state index in [0.717, 1.165) is 21.7 Å². The molecule has 0 bridgehead atoms. The van der Waals surface area contributed by atoms with E-state index in [0.29, 0.717) is 5.02 Å². The van der Waals surface area contributed by atoms with E-state index in [-0.39, 0.29) is 12.3 Å². The van der Waals surface area contributed by atoms with Crippen LogP contribution >= 0.6 is 22.9 Å². The number of carbonyl (C=O) groups is 1. The average Bonchev–Trinajstić information content (AvgIpc) is 3.07. The first kappa shape index (κ1) is 15.7. The molecule has 0 saturated carbocycles. The highest BCUT2D eigenvalue weighted by molar-refractivity contribution is 7.09. The van der Waals surface area contributed by atoms with Gasteiger partial charge in [-0.2, -0.15) is 0 Å². The molecule has 2 aromatic carbocycles. The van der Waals surface area contributed by atoms with Crippen molar-refractivity contribution in [3.8, 4) is 11.1 Å². The summed E-state index contributed by atoms with van der Waals surface area (Å²) in [6.45, 7) is 0. The van der Waals surface area contributed by atoms with Crippen LogP contribution in [0, 0.1) is 0 Å². The molecular weight excluding hydrogens is 330 g/mol. The Bertz CT molecular complexity index is 800. The van der Waals surface area contributed by atoms with Crippen molar-refractivity contribution in [1.82, 2.24) is 4.98 Å². The minimum atomic E-state index is -0.831. The maximum absolute atomic E-state index is 11.2. The predicted molar refractivity (Wildman–Crippen MR) is 93.1 cm³/mol. The molecule has 116 valence electrons. The van der Waals surface area contributed by atoms with Gasteiger partial charge in [-0.1, -0.05) is 48.0 Å². The summed E-state index contributed by atoms with van der Waals surface area (Å²) in [5, 5.41) is 12.6. The highest BCUT2D eigenvalue weighted by Crippen LogP contribution is 2.32. The zero-order valence-electron chi connectivity index (χ0n) is 12.1. The topological polar surface area (TPSA) is 50.2 Å². The van der Waals surface area contributed by atoms with Gasteiger partial charge in [-0.15, -0.1) is 11.3 Å². The summed E-state index contributed by atoms with van der Waals surface area (Å²) in [4.78, 5) is 15.5. The van der Waals surface area contributed by atoms with E-state index in [1.165, 1.54) is 11.3 Å². The molecule has 3 aromatic rings. The molecule has 1 heterocycles. The fraction of sp³-hybridized carbons (Fsp3) is 0.111. The number of carboxylic acids is 1. The number of nitrogens with zero attached hydrogens (tertiary/aromatic N) is 1. The second kappa shape index (κ2) is 6.94. The van der Waals surface area contributed by atoms with E-state index in [1.807, 2.05) is 53.9 Å². The quantitative estimate of drug-likeness (QED) is 0.703. The molecule has 1 N–H and O–H groups in total. The molecule has 1 atom stereocenters. The Kier molecular flexibility index (Phi) is 4.74. The Labute approximate surface area is 143 Å². The van der Waals surface area contributed by atoms with Crippen LogP contribution in [0.4, 0.5) is 0 Å². The smallest absolute Gasteiger partial charge is 0.304 e. The lowest BCUT2D eigenvalue weighted by Crippen LogP contribution is -2.07. The number of carboxylic acid groups (broad SMARTS) is 1. The van der Waals surface area contributed by atoms with Gasteiger partial charge in [0.1, 0.15) is 5.01 Å². The number of benzene rings is 2. The molecule has 5 heteroatoms. The largest absolute Gasteiger partial charge is 0.481 e. The summed E-state index contributed by atoms with van der Waals surface area (Å²) in [5.41, 5.74) is 3.03. The van der Waals surface area contributed by atoms with Crippen molar-refractivity contribution in [2.24, 2.45) is 0 Å². The van der Waals surface area contributed by atoms with Crippen molar-refractivity contribution in [2.75, 3.05) is 0 Å². The van der Waals surface area contributed by atoms with Crippen LogP contribution in [0.5, 0.6) is 0 Å². The van der Waals surface area contributed by atoms with Crippen LogP contribution in [0.15, 0.2) is 60.1 Å². The van der Waals surface area contributed by atoms with Gasteiger partial charge >= 0.3 is 5.97 Å². The van der Waals surface area contributed by atoms with Gasteiger partial charge in [-0.05, 0) is 28.8 Å². The van der Waals surface area contributed by atoms with Crippen molar-refractivity contribution in [1.29, 1.82) is 0 Å². The lowest BCUT2D eigenvalue weighted by atomic mass is 9.93. The summed E-state index contributed by atoms with van der Waals surface area (Å²) in [6.07, 6.45) is 1.73. The zero-order valence-corrected chi connectivity index (χ0v) is 13.7. The normalized spacial score (nSPS) is 12.0. The summed E-state index contributed by atoms with van der Waals surface area (Å²) in [5.74, 6) is -1.07. The third kappa shape index (κ3) is 3.78. The van der Waals surface area contributed by atoms with Gasteiger partial charge in [-0.25, -0.2) is 4.98 Å². The van der Waals surface area contributed by atoms with Crippen LogP contribution in [0.25, 0.3) is 11.1 Å². The summed E-state index contributed by atoms with van der Waals surface area (Å²) in [7, 11) is 0. The number of aliphatic carboxylic acids is 1. The van der Waals surface area contributed by atoms with Gasteiger partial charge in [0.2, 0.25) is 0 Å². The van der Waals surface area contributed by atoms with Crippen LogP contribution in [0.2, 0.25) is 5.02 Å². The highest BCUT2D eigenvalue weighted by atomic mass is 35.5. The molecule has 0 aliphatic rings. The standard InChI is InChI=1S/C18H14ClNO2S/c19-15-6-4-12(5-7-15)13-2-1-3-14(10-13)16(11-17(21)22)18-20-8-9-23-18/h1-10,16H,11H2,(H,21,22). The first-order chi connectivity index (χ1) is 11.1. The Hall–Kier alpha value is -2.17. The molecule has 1 unspecified atom stereocenters. The molecule has 0 amide bonds. The lowest BCUT2D eigenvalue weighted by Gasteiger charge is -2.14. The molecule has 0 saturated heterocycles. The van der Waals surface area contributed by atoms with Gasteiger partial charge in [-0.3, -0.25) is 4.79 Å². The van der Waals surface area contributed by atoms with E-state index in [1.54, 1.807) is 6.20 Å². The van der Waals surface area contributed by atoms with Gasteiger partial charge in [0.25, 0.3) is 0 Å². The number of thiazole rings is 1. The zero-order chi connectivity index (χ0) is 16.2. The Morgan fingerprint density at radius 1 is 1.17 bits per heavy atom. The van der Waals surface area contributed by atoms with Crippen molar-refractivity contribution in [3.63, 3.8) is 0 Å².